The number of carbonyl (C=O) groups is 1. The molecule has 4 rings (SSSR count). The van der Waals surface area contributed by atoms with Crippen LogP contribution in [-0.2, 0) is 13.5 Å². The van der Waals surface area contributed by atoms with Crippen LogP contribution in [0.3, 0.4) is 0 Å². The summed E-state index contributed by atoms with van der Waals surface area (Å²) in [5, 5.41) is 19.6. The Labute approximate surface area is 171 Å². The molecule has 0 bridgehead atoms. The minimum Gasteiger partial charge on any atom is -0.477 e. The molecule has 29 heavy (non-hydrogen) atoms. The molecule has 0 amide bonds. The summed E-state index contributed by atoms with van der Waals surface area (Å²) in [6.45, 7) is 0. The summed E-state index contributed by atoms with van der Waals surface area (Å²) in [5.74, 6) is -0.583. The Morgan fingerprint density at radius 2 is 1.86 bits per heavy atom. The predicted octanol–water partition coefficient (Wildman–Crippen LogP) is 3.53. The molecule has 2 heterocycles. The molecule has 3 N–H and O–H groups in total. The normalized spacial score (nSPS) is 11.0. The summed E-state index contributed by atoms with van der Waals surface area (Å²) < 4.78 is 3.15. The number of imidazole rings is 1. The Balaban J connectivity index is 1.77. The van der Waals surface area contributed by atoms with Crippen molar-refractivity contribution >= 4 is 17.9 Å². The molecule has 0 fully saturated rings. The Morgan fingerprint density at radius 3 is 2.48 bits per heavy atom. The van der Waals surface area contributed by atoms with Crippen molar-refractivity contribution in [1.29, 1.82) is 0 Å². The van der Waals surface area contributed by atoms with Crippen LogP contribution < -0.4 is 5.14 Å². The third-order valence-electron chi connectivity index (χ3n) is 4.68. The van der Waals surface area contributed by atoms with E-state index in [0.29, 0.717) is 12.4 Å². The highest BCUT2D eigenvalue weighted by Crippen LogP contribution is 2.26. The van der Waals surface area contributed by atoms with E-state index in [4.69, 9.17) is 10.2 Å². The molecule has 2 aromatic carbocycles. The quantitative estimate of drug-likeness (QED) is 0.476. The molecular formula is C21H19N5O2S. The number of carboxylic acids is 1. The number of nitrogens with zero attached hydrogens (tertiary/aromatic N) is 4. The molecule has 0 saturated heterocycles. The average molecular weight is 405 g/mol. The van der Waals surface area contributed by atoms with E-state index < -0.39 is 5.97 Å². The Morgan fingerprint density at radius 1 is 1.14 bits per heavy atom. The van der Waals surface area contributed by atoms with Gasteiger partial charge >= 0.3 is 5.97 Å². The third-order valence-corrected chi connectivity index (χ3v) is 5.22. The summed E-state index contributed by atoms with van der Waals surface area (Å²) in [6.07, 6.45) is 3.92. The summed E-state index contributed by atoms with van der Waals surface area (Å²) in [7, 11) is 1.67. The van der Waals surface area contributed by atoms with Gasteiger partial charge in [-0.1, -0.05) is 42.5 Å². The molecule has 4 aromatic rings. The molecule has 2 aromatic heterocycles. The first-order valence-electron chi connectivity index (χ1n) is 8.92. The topological polar surface area (TPSA) is 99.0 Å². The van der Waals surface area contributed by atoms with E-state index >= 15 is 0 Å². The van der Waals surface area contributed by atoms with Gasteiger partial charge in [-0.3, -0.25) is 5.14 Å². The zero-order valence-electron chi connectivity index (χ0n) is 15.7. The number of rotatable bonds is 6. The Kier molecular flexibility index (Phi) is 5.20. The second-order valence-corrected chi connectivity index (χ2v) is 7.27. The molecule has 146 valence electrons. The van der Waals surface area contributed by atoms with Crippen LogP contribution in [0.25, 0.3) is 17.2 Å². The number of hydrogen-bond acceptors (Lipinski definition) is 5. The fourth-order valence-corrected chi connectivity index (χ4v) is 3.49. The maximum absolute atomic E-state index is 11.4. The van der Waals surface area contributed by atoms with Gasteiger partial charge in [0.15, 0.2) is 0 Å². The van der Waals surface area contributed by atoms with Crippen molar-refractivity contribution in [3.8, 4) is 17.2 Å². The highest BCUT2D eigenvalue weighted by molar-refractivity contribution is 7.97. The molecule has 0 radical (unpaired) electrons. The van der Waals surface area contributed by atoms with E-state index in [2.05, 4.69) is 4.98 Å². The van der Waals surface area contributed by atoms with Gasteiger partial charge in [0, 0.05) is 35.7 Å². The van der Waals surface area contributed by atoms with Crippen molar-refractivity contribution in [2.24, 2.45) is 12.2 Å². The highest BCUT2D eigenvalue weighted by atomic mass is 32.2. The van der Waals surface area contributed by atoms with Crippen molar-refractivity contribution in [1.82, 2.24) is 19.3 Å². The SMILES string of the molecule is Cn1c(C(=O)O)cnc1-n1cc(Cc2ccc(SN)cc2)c(-c2ccccc2)n1. The zero-order chi connectivity index (χ0) is 20.4. The van der Waals surface area contributed by atoms with Gasteiger partial charge in [-0.2, -0.15) is 5.10 Å². The Bertz CT molecular complexity index is 1150. The minimum absolute atomic E-state index is 0.105. The van der Waals surface area contributed by atoms with Gasteiger partial charge in [-0.05, 0) is 29.6 Å². The van der Waals surface area contributed by atoms with Crippen molar-refractivity contribution in [2.45, 2.75) is 11.3 Å². The van der Waals surface area contributed by atoms with Crippen LogP contribution in [0, 0.1) is 0 Å². The highest BCUT2D eigenvalue weighted by Gasteiger charge is 2.18. The fourth-order valence-electron chi connectivity index (χ4n) is 3.20. The van der Waals surface area contributed by atoms with Crippen LogP contribution in [-0.4, -0.2) is 30.4 Å². The smallest absolute Gasteiger partial charge is 0.354 e. The lowest BCUT2D eigenvalue weighted by molar-refractivity contribution is 0.0686. The lowest BCUT2D eigenvalue weighted by atomic mass is 10.0. The van der Waals surface area contributed by atoms with Crippen LogP contribution in [0.4, 0.5) is 0 Å². The van der Waals surface area contributed by atoms with E-state index in [1.165, 1.54) is 22.7 Å². The monoisotopic (exact) mass is 405 g/mol. The largest absolute Gasteiger partial charge is 0.477 e. The van der Waals surface area contributed by atoms with Crippen molar-refractivity contribution < 1.29 is 9.90 Å². The van der Waals surface area contributed by atoms with Crippen molar-refractivity contribution in [3.63, 3.8) is 0 Å². The van der Waals surface area contributed by atoms with Gasteiger partial charge in [-0.25, -0.2) is 14.5 Å². The van der Waals surface area contributed by atoms with E-state index in [1.807, 2.05) is 60.8 Å². The van der Waals surface area contributed by atoms with Gasteiger partial charge in [-0.15, -0.1) is 0 Å². The van der Waals surface area contributed by atoms with Gasteiger partial charge in [0.05, 0.1) is 11.9 Å². The molecule has 0 aliphatic heterocycles. The molecule has 0 atom stereocenters. The molecule has 0 unspecified atom stereocenters. The molecule has 0 aliphatic rings. The summed E-state index contributed by atoms with van der Waals surface area (Å²) in [6, 6.07) is 18.0. The van der Waals surface area contributed by atoms with Gasteiger partial charge in [0.2, 0.25) is 5.95 Å². The number of carboxylic acid groups (broad SMARTS) is 1. The summed E-state index contributed by atoms with van der Waals surface area (Å²) in [5.41, 5.74) is 4.08. The van der Waals surface area contributed by atoms with Crippen LogP contribution in [0.15, 0.2) is 71.9 Å². The maximum atomic E-state index is 11.4. The van der Waals surface area contributed by atoms with E-state index in [-0.39, 0.29) is 5.69 Å². The first-order chi connectivity index (χ1) is 14.1. The van der Waals surface area contributed by atoms with Crippen LogP contribution >= 0.6 is 11.9 Å². The van der Waals surface area contributed by atoms with Crippen LogP contribution in [0.2, 0.25) is 0 Å². The summed E-state index contributed by atoms with van der Waals surface area (Å²) in [4.78, 5) is 16.6. The molecule has 0 spiro atoms. The molecule has 7 nitrogen and oxygen atoms in total. The van der Waals surface area contributed by atoms with Gasteiger partial charge in [0.1, 0.15) is 5.69 Å². The van der Waals surface area contributed by atoms with Crippen LogP contribution in [0.1, 0.15) is 21.6 Å². The fraction of sp³-hybridized carbons (Fsp3) is 0.0952. The predicted molar refractivity (Wildman–Crippen MR) is 112 cm³/mol. The lowest BCUT2D eigenvalue weighted by Gasteiger charge is -2.04. The molecule has 0 saturated carbocycles. The number of nitrogens with two attached hydrogens (primary N) is 1. The minimum atomic E-state index is -1.03. The number of hydrogen-bond donors (Lipinski definition) is 2. The van der Waals surface area contributed by atoms with E-state index in [9.17, 15) is 9.90 Å². The number of benzene rings is 2. The number of aromatic carboxylic acids is 1. The standard InChI is InChI=1S/C21H19N5O2S/c1-25-18(20(27)28)12-23-21(25)26-13-16(11-14-7-9-17(29-22)10-8-14)19(24-26)15-5-3-2-4-6-15/h2-10,12-13H,11,22H2,1H3,(H,27,28). The average Bonchev–Trinajstić information content (AvgIpc) is 3.32. The zero-order valence-corrected chi connectivity index (χ0v) is 16.5. The second kappa shape index (κ2) is 7.94. The Hall–Kier alpha value is -3.36. The first-order valence-corrected chi connectivity index (χ1v) is 9.80. The second-order valence-electron chi connectivity index (χ2n) is 6.56. The van der Waals surface area contributed by atoms with Crippen molar-refractivity contribution in [3.05, 3.63) is 83.8 Å². The van der Waals surface area contributed by atoms with E-state index in [1.54, 1.807) is 11.7 Å². The number of aromatic nitrogens is 4. The molecule has 8 heteroatoms. The van der Waals surface area contributed by atoms with Gasteiger partial charge < -0.3 is 9.67 Å². The third kappa shape index (κ3) is 3.80. The molecule has 0 aliphatic carbocycles. The van der Waals surface area contributed by atoms with Crippen LogP contribution in [0.5, 0.6) is 0 Å². The maximum Gasteiger partial charge on any atom is 0.354 e. The van der Waals surface area contributed by atoms with E-state index in [0.717, 1.165) is 27.3 Å². The molecular weight excluding hydrogens is 386 g/mol. The first kappa shape index (κ1) is 19.0. The summed E-state index contributed by atoms with van der Waals surface area (Å²) >= 11 is 1.22. The lowest BCUT2D eigenvalue weighted by Crippen LogP contribution is -2.09. The van der Waals surface area contributed by atoms with Gasteiger partial charge in [0.25, 0.3) is 0 Å². The van der Waals surface area contributed by atoms with Crippen molar-refractivity contribution in [2.75, 3.05) is 0 Å².